The van der Waals surface area contributed by atoms with E-state index in [1.54, 1.807) is 7.11 Å². The van der Waals surface area contributed by atoms with E-state index in [4.69, 9.17) is 13.9 Å². The van der Waals surface area contributed by atoms with E-state index >= 15 is 0 Å². The van der Waals surface area contributed by atoms with Crippen LogP contribution in [0.4, 0.5) is 0 Å². The van der Waals surface area contributed by atoms with Crippen LogP contribution in [0.2, 0.25) is 24.2 Å². The molecule has 4 aromatic rings. The monoisotopic (exact) mass is 744 g/mol. The van der Waals surface area contributed by atoms with E-state index < -0.39 is 22.5 Å². The molecule has 280 valence electrons. The van der Waals surface area contributed by atoms with Crippen molar-refractivity contribution in [3.8, 4) is 5.75 Å². The lowest BCUT2D eigenvalue weighted by Crippen LogP contribution is -2.66. The van der Waals surface area contributed by atoms with Crippen molar-refractivity contribution in [1.29, 1.82) is 0 Å². The van der Waals surface area contributed by atoms with Crippen LogP contribution in [0, 0.1) is 23.7 Å². The van der Waals surface area contributed by atoms with Crippen molar-refractivity contribution in [2.24, 2.45) is 23.7 Å². The molecule has 6 atom stereocenters. The van der Waals surface area contributed by atoms with Crippen molar-refractivity contribution in [2.45, 2.75) is 70.2 Å². The summed E-state index contributed by atoms with van der Waals surface area (Å²) < 4.78 is 19.7. The van der Waals surface area contributed by atoms with Gasteiger partial charge in [0, 0.05) is 30.3 Å². The Morgan fingerprint density at radius 2 is 1.32 bits per heavy atom. The van der Waals surface area contributed by atoms with Gasteiger partial charge in [0.15, 0.2) is 0 Å². The average molecular weight is 745 g/mol. The van der Waals surface area contributed by atoms with E-state index in [1.165, 1.54) is 15.6 Å². The minimum absolute atomic E-state index is 0.0522. The van der Waals surface area contributed by atoms with Crippen molar-refractivity contribution in [2.75, 3.05) is 13.7 Å². The van der Waals surface area contributed by atoms with Gasteiger partial charge in [-0.15, -0.1) is 13.2 Å². The number of hydrogen-bond acceptors (Lipinski definition) is 4. The van der Waals surface area contributed by atoms with Crippen LogP contribution >= 0.6 is 0 Å². The first-order chi connectivity index (χ1) is 25.4. The summed E-state index contributed by atoms with van der Waals surface area (Å²) in [6, 6.07) is 41.4. The molecule has 0 aromatic heterocycles. The molecule has 0 unspecified atom stereocenters. The zero-order valence-corrected chi connectivity index (χ0v) is 34.7. The number of rotatable bonds is 17. The maximum atomic E-state index is 12.5. The highest BCUT2D eigenvalue weighted by Gasteiger charge is 2.50. The van der Waals surface area contributed by atoms with Gasteiger partial charge < -0.3 is 19.0 Å². The summed E-state index contributed by atoms with van der Waals surface area (Å²) >= 11 is 0. The van der Waals surface area contributed by atoms with Crippen LogP contribution in [-0.4, -0.2) is 47.4 Å². The minimum atomic E-state index is -2.74. The highest BCUT2D eigenvalue weighted by Crippen LogP contribution is 2.42. The molecule has 4 aromatic carbocycles. The van der Waals surface area contributed by atoms with Gasteiger partial charge in [0.2, 0.25) is 0 Å². The molecular formula is C47H60O4Si2. The third-order valence-corrected chi connectivity index (χ3v) is 19.8. The fraction of sp³-hybridized carbons (Fsp3) is 0.362. The molecule has 0 bridgehead atoms. The van der Waals surface area contributed by atoms with Crippen molar-refractivity contribution in [3.05, 3.63) is 158 Å². The maximum absolute atomic E-state index is 12.5. The third-order valence-electron chi connectivity index (χ3n) is 11.3. The molecule has 0 fully saturated rings. The van der Waals surface area contributed by atoms with Crippen molar-refractivity contribution >= 4 is 32.0 Å². The molecule has 0 aliphatic heterocycles. The number of methoxy groups -OCH3 is 1. The molecule has 0 saturated heterocycles. The summed E-state index contributed by atoms with van der Waals surface area (Å²) in [5.74, 6) is 0.474. The van der Waals surface area contributed by atoms with E-state index in [1.807, 2.05) is 24.3 Å². The molecule has 6 heteroatoms. The summed E-state index contributed by atoms with van der Waals surface area (Å²) in [4.78, 5) is 0. The van der Waals surface area contributed by atoms with Gasteiger partial charge in [0.1, 0.15) is 5.75 Å². The highest BCUT2D eigenvalue weighted by atomic mass is 28.4. The van der Waals surface area contributed by atoms with E-state index in [-0.39, 0.29) is 34.8 Å². The highest BCUT2D eigenvalue weighted by molar-refractivity contribution is 6.99. The molecular weight excluding hydrogens is 685 g/mol. The number of aliphatic hydroxyl groups is 1. The fourth-order valence-electron chi connectivity index (χ4n) is 8.42. The molecule has 1 aliphatic carbocycles. The Balaban J connectivity index is 1.44. The molecule has 0 radical (unpaired) electrons. The number of aliphatic hydroxyl groups excluding tert-OH is 1. The van der Waals surface area contributed by atoms with Crippen molar-refractivity contribution in [1.82, 2.24) is 0 Å². The maximum Gasteiger partial charge on any atom is 0.261 e. The second-order valence-corrected chi connectivity index (χ2v) is 25.3. The third kappa shape index (κ3) is 9.30. The molecule has 0 amide bonds. The first-order valence-electron chi connectivity index (χ1n) is 19.1. The lowest BCUT2D eigenvalue weighted by Gasteiger charge is -2.45. The number of hydrogen-bond donors (Lipinski definition) is 1. The molecule has 0 saturated carbocycles. The summed E-state index contributed by atoms with van der Waals surface area (Å²) in [5.41, 5.74) is 1.07. The largest absolute Gasteiger partial charge is 0.497 e. The Kier molecular flexibility index (Phi) is 13.7. The summed E-state index contributed by atoms with van der Waals surface area (Å²) in [7, 11) is -2.93. The second-order valence-electron chi connectivity index (χ2n) is 16.2. The van der Waals surface area contributed by atoms with E-state index in [2.05, 4.69) is 162 Å². The van der Waals surface area contributed by atoms with Crippen LogP contribution in [0.15, 0.2) is 153 Å². The number of benzene rings is 4. The van der Waals surface area contributed by atoms with Gasteiger partial charge in [0.05, 0.1) is 34.0 Å². The van der Waals surface area contributed by atoms with Crippen LogP contribution in [0.5, 0.6) is 5.75 Å². The fourth-order valence-corrected chi connectivity index (χ4v) is 15.9. The predicted molar refractivity (Wildman–Crippen MR) is 228 cm³/mol. The average Bonchev–Trinajstić information content (AvgIpc) is 3.17. The van der Waals surface area contributed by atoms with Crippen LogP contribution in [-0.2, 0) is 15.8 Å². The van der Waals surface area contributed by atoms with E-state index in [9.17, 15) is 5.11 Å². The van der Waals surface area contributed by atoms with Gasteiger partial charge in [0.25, 0.3) is 8.32 Å². The summed E-state index contributed by atoms with van der Waals surface area (Å²) in [5, 5.41) is 16.3. The van der Waals surface area contributed by atoms with Crippen LogP contribution < -0.4 is 20.3 Å². The molecule has 0 spiro atoms. The van der Waals surface area contributed by atoms with E-state index in [0.717, 1.165) is 17.4 Å². The SMILES string of the molecule is C=C[C@H]1C=C[C@H](C[Si](C)(C)c2ccccc2)[C@@H](OCc2ccc(OC)cc2)[C@H]1[C@H](O)[C@@H](C=C)CCO[Si](c1ccccc1)(c1ccccc1)C(C)(C)C. The smallest absolute Gasteiger partial charge is 0.261 e. The predicted octanol–water partition coefficient (Wildman–Crippen LogP) is 8.93. The molecule has 53 heavy (non-hydrogen) atoms. The first-order valence-corrected chi connectivity index (χ1v) is 24.2. The Labute approximate surface area is 321 Å². The van der Waals surface area contributed by atoms with Crippen molar-refractivity contribution < 1.29 is 19.0 Å². The van der Waals surface area contributed by atoms with Gasteiger partial charge in [-0.25, -0.2) is 0 Å². The molecule has 4 nitrogen and oxygen atoms in total. The Morgan fingerprint density at radius 1 is 0.774 bits per heavy atom. The zero-order chi connectivity index (χ0) is 38.1. The van der Waals surface area contributed by atoms with Crippen molar-refractivity contribution in [3.63, 3.8) is 0 Å². The second kappa shape index (κ2) is 18.0. The summed E-state index contributed by atoms with van der Waals surface area (Å²) in [6.45, 7) is 21.2. The first kappa shape index (κ1) is 40.4. The van der Waals surface area contributed by atoms with Crippen LogP contribution in [0.3, 0.4) is 0 Å². The molecule has 1 aliphatic rings. The lowest BCUT2D eigenvalue weighted by atomic mass is 9.70. The summed E-state index contributed by atoms with van der Waals surface area (Å²) in [6.07, 6.45) is 8.19. The quantitative estimate of drug-likeness (QED) is 0.0867. The van der Waals surface area contributed by atoms with Crippen LogP contribution in [0.25, 0.3) is 0 Å². The standard InChI is InChI=1S/C47H60O4Si2/c1-9-37-28-29-39(35-52(7,8)41-20-14-11-15-21-41)46(50-34-36-26-30-40(49-6)31-27-36)44(37)45(48)38(10-2)32-33-51-53(47(3,4)5,42-22-16-12-17-23-42)43-24-18-13-19-25-43/h9-31,37-39,44-46,48H,1-2,32-35H2,3-8H3/t37-,38-,39+,44+,45+,46+/m0/s1. The molecule has 5 rings (SSSR count). The minimum Gasteiger partial charge on any atom is -0.497 e. The Morgan fingerprint density at radius 3 is 1.81 bits per heavy atom. The zero-order valence-electron chi connectivity index (χ0n) is 32.7. The number of allylic oxidation sites excluding steroid dienone is 2. The van der Waals surface area contributed by atoms with Crippen LogP contribution in [0.1, 0.15) is 32.8 Å². The van der Waals surface area contributed by atoms with Gasteiger partial charge in [-0.3, -0.25) is 0 Å². The van der Waals surface area contributed by atoms with E-state index in [0.29, 0.717) is 19.6 Å². The van der Waals surface area contributed by atoms with Gasteiger partial charge in [-0.05, 0) is 45.6 Å². The van der Waals surface area contributed by atoms with Gasteiger partial charge in [-0.2, -0.15) is 0 Å². The Bertz CT molecular complexity index is 1710. The normalized spacial score (nSPS) is 20.4. The lowest BCUT2D eigenvalue weighted by molar-refractivity contribution is -0.0870. The number of ether oxygens (including phenoxy) is 2. The van der Waals surface area contributed by atoms with Gasteiger partial charge >= 0.3 is 0 Å². The Hall–Kier alpha value is -3.79. The molecule has 0 heterocycles. The topological polar surface area (TPSA) is 47.9 Å². The van der Waals surface area contributed by atoms with Gasteiger partial charge in [-0.1, -0.05) is 166 Å². The molecule has 1 N–H and O–H groups in total.